The molecule has 3 rings (SSSR count). The maximum absolute atomic E-state index is 12.9. The maximum Gasteiger partial charge on any atom is 0.232 e. The zero-order chi connectivity index (χ0) is 19.4. The highest BCUT2D eigenvalue weighted by molar-refractivity contribution is 6.42. The highest BCUT2D eigenvalue weighted by Gasteiger charge is 2.33. The van der Waals surface area contributed by atoms with Crippen LogP contribution in [0, 0.1) is 0 Å². The SMILES string of the molecule is COCCNC(=O)CC(=O)N1CCn2cccc2C1c1ccc(Cl)c(Cl)c1. The zero-order valence-electron chi connectivity index (χ0n) is 15.0. The Morgan fingerprint density at radius 1 is 1.22 bits per heavy atom. The fraction of sp³-hybridized carbons (Fsp3) is 0.368. The first-order chi connectivity index (χ1) is 13.0. The monoisotopic (exact) mass is 409 g/mol. The van der Waals surface area contributed by atoms with Crippen LogP contribution in [0.5, 0.6) is 0 Å². The van der Waals surface area contributed by atoms with Gasteiger partial charge in [-0.15, -0.1) is 0 Å². The Morgan fingerprint density at radius 3 is 2.78 bits per heavy atom. The van der Waals surface area contributed by atoms with E-state index >= 15 is 0 Å². The maximum atomic E-state index is 12.9. The largest absolute Gasteiger partial charge is 0.383 e. The van der Waals surface area contributed by atoms with Crippen LogP contribution in [0.2, 0.25) is 10.0 Å². The number of nitrogens with zero attached hydrogens (tertiary/aromatic N) is 2. The van der Waals surface area contributed by atoms with Crippen LogP contribution in [0.25, 0.3) is 0 Å². The second-order valence-corrected chi connectivity index (χ2v) is 7.12. The molecule has 1 aliphatic heterocycles. The first kappa shape index (κ1) is 19.7. The Balaban J connectivity index is 1.83. The first-order valence-corrected chi connectivity index (χ1v) is 9.42. The Kier molecular flexibility index (Phi) is 6.42. The summed E-state index contributed by atoms with van der Waals surface area (Å²) in [6.45, 7) is 1.97. The number of benzene rings is 1. The molecule has 0 bridgehead atoms. The number of hydrogen-bond donors (Lipinski definition) is 1. The summed E-state index contributed by atoms with van der Waals surface area (Å²) in [5.74, 6) is -0.542. The van der Waals surface area contributed by atoms with Gasteiger partial charge < -0.3 is 19.5 Å². The number of methoxy groups -OCH3 is 1. The second-order valence-electron chi connectivity index (χ2n) is 6.31. The summed E-state index contributed by atoms with van der Waals surface area (Å²) in [4.78, 5) is 26.7. The van der Waals surface area contributed by atoms with E-state index in [0.717, 1.165) is 11.3 Å². The van der Waals surface area contributed by atoms with Crippen molar-refractivity contribution < 1.29 is 14.3 Å². The van der Waals surface area contributed by atoms with Gasteiger partial charge in [-0.1, -0.05) is 29.3 Å². The van der Waals surface area contributed by atoms with E-state index in [-0.39, 0.29) is 24.3 Å². The van der Waals surface area contributed by atoms with E-state index in [9.17, 15) is 9.59 Å². The zero-order valence-corrected chi connectivity index (χ0v) is 16.5. The van der Waals surface area contributed by atoms with Crippen LogP contribution in [0.1, 0.15) is 23.7 Å². The number of aromatic nitrogens is 1. The van der Waals surface area contributed by atoms with Gasteiger partial charge >= 0.3 is 0 Å². The molecule has 1 aromatic carbocycles. The summed E-state index contributed by atoms with van der Waals surface area (Å²) in [6.07, 6.45) is 1.78. The van der Waals surface area contributed by atoms with Gasteiger partial charge in [0, 0.05) is 38.6 Å². The fourth-order valence-corrected chi connectivity index (χ4v) is 3.59. The smallest absolute Gasteiger partial charge is 0.232 e. The number of fused-ring (bicyclic) bond motifs is 1. The van der Waals surface area contributed by atoms with E-state index < -0.39 is 0 Å². The summed E-state index contributed by atoms with van der Waals surface area (Å²) in [6, 6.07) is 8.97. The van der Waals surface area contributed by atoms with Crippen molar-refractivity contribution in [1.29, 1.82) is 0 Å². The number of nitrogens with one attached hydrogen (secondary N) is 1. The van der Waals surface area contributed by atoms with Crippen LogP contribution in [-0.2, 0) is 20.9 Å². The van der Waals surface area contributed by atoms with Crippen molar-refractivity contribution in [1.82, 2.24) is 14.8 Å². The summed E-state index contributed by atoms with van der Waals surface area (Å²) >= 11 is 12.2. The van der Waals surface area contributed by atoms with Gasteiger partial charge in [0.25, 0.3) is 0 Å². The van der Waals surface area contributed by atoms with E-state index in [1.807, 2.05) is 24.4 Å². The standard InChI is InChI=1S/C19H21Cl2N3O3/c1-27-10-6-22-17(25)12-18(26)24-9-8-23-7-2-3-16(23)19(24)13-4-5-14(20)15(21)11-13/h2-5,7,11,19H,6,8-10,12H2,1H3,(H,22,25). The highest BCUT2D eigenvalue weighted by atomic mass is 35.5. The molecule has 0 saturated heterocycles. The molecule has 27 heavy (non-hydrogen) atoms. The van der Waals surface area contributed by atoms with E-state index in [4.69, 9.17) is 27.9 Å². The third-order valence-electron chi connectivity index (χ3n) is 4.56. The summed E-state index contributed by atoms with van der Waals surface area (Å²) in [5.41, 5.74) is 1.84. The van der Waals surface area contributed by atoms with E-state index in [1.165, 1.54) is 0 Å². The van der Waals surface area contributed by atoms with Crippen LogP contribution >= 0.6 is 23.2 Å². The molecule has 0 radical (unpaired) electrons. The molecular formula is C19H21Cl2N3O3. The van der Waals surface area contributed by atoms with Crippen molar-refractivity contribution in [3.05, 3.63) is 57.8 Å². The Morgan fingerprint density at radius 2 is 2.04 bits per heavy atom. The predicted molar refractivity (Wildman–Crippen MR) is 104 cm³/mol. The van der Waals surface area contributed by atoms with Crippen LogP contribution in [-0.4, -0.2) is 48.1 Å². The lowest BCUT2D eigenvalue weighted by molar-refractivity contribution is -0.138. The van der Waals surface area contributed by atoms with Crippen molar-refractivity contribution in [3.63, 3.8) is 0 Å². The minimum Gasteiger partial charge on any atom is -0.383 e. The molecule has 2 amide bonds. The van der Waals surface area contributed by atoms with Crippen molar-refractivity contribution in [2.45, 2.75) is 19.0 Å². The number of rotatable bonds is 6. The molecule has 6 nitrogen and oxygen atoms in total. The topological polar surface area (TPSA) is 63.6 Å². The molecule has 0 fully saturated rings. The van der Waals surface area contributed by atoms with Gasteiger partial charge in [-0.05, 0) is 29.8 Å². The lowest BCUT2D eigenvalue weighted by Gasteiger charge is -2.37. The van der Waals surface area contributed by atoms with Crippen molar-refractivity contribution in [2.24, 2.45) is 0 Å². The molecule has 144 valence electrons. The van der Waals surface area contributed by atoms with Crippen LogP contribution in [0.3, 0.4) is 0 Å². The highest BCUT2D eigenvalue weighted by Crippen LogP contribution is 2.35. The van der Waals surface area contributed by atoms with Gasteiger partial charge in [0.15, 0.2) is 0 Å². The van der Waals surface area contributed by atoms with Crippen LogP contribution in [0.15, 0.2) is 36.5 Å². The van der Waals surface area contributed by atoms with Crippen molar-refractivity contribution in [2.75, 3.05) is 26.8 Å². The number of carbonyl (C=O) groups excluding carboxylic acids is 2. The van der Waals surface area contributed by atoms with Crippen molar-refractivity contribution >= 4 is 35.0 Å². The molecule has 0 spiro atoms. The number of carbonyl (C=O) groups is 2. The molecule has 0 saturated carbocycles. The first-order valence-electron chi connectivity index (χ1n) is 8.66. The lowest BCUT2D eigenvalue weighted by Crippen LogP contribution is -2.44. The molecule has 1 aliphatic rings. The molecule has 2 heterocycles. The fourth-order valence-electron chi connectivity index (χ4n) is 3.28. The average molecular weight is 410 g/mol. The lowest BCUT2D eigenvalue weighted by atomic mass is 9.99. The Labute approximate surface area is 168 Å². The van der Waals surface area contributed by atoms with Gasteiger partial charge in [-0.25, -0.2) is 0 Å². The average Bonchev–Trinajstić information content (AvgIpc) is 3.12. The van der Waals surface area contributed by atoms with Gasteiger partial charge in [-0.2, -0.15) is 0 Å². The summed E-state index contributed by atoms with van der Waals surface area (Å²) < 4.78 is 7.01. The van der Waals surface area contributed by atoms with Gasteiger partial charge in [-0.3, -0.25) is 9.59 Å². The van der Waals surface area contributed by atoms with E-state index in [1.54, 1.807) is 24.1 Å². The van der Waals surface area contributed by atoms with Gasteiger partial charge in [0.2, 0.25) is 11.8 Å². The van der Waals surface area contributed by atoms with Gasteiger partial charge in [0.05, 0.1) is 22.7 Å². The molecule has 0 aliphatic carbocycles. The number of amides is 2. The van der Waals surface area contributed by atoms with Crippen LogP contribution < -0.4 is 5.32 Å². The molecular weight excluding hydrogens is 389 g/mol. The number of halogens is 2. The third-order valence-corrected chi connectivity index (χ3v) is 5.30. The molecule has 1 N–H and O–H groups in total. The minimum atomic E-state index is -0.317. The normalized spacial score (nSPS) is 16.1. The predicted octanol–water partition coefficient (Wildman–Crippen LogP) is 2.88. The van der Waals surface area contributed by atoms with Crippen LogP contribution in [0.4, 0.5) is 0 Å². The summed E-state index contributed by atoms with van der Waals surface area (Å²) in [5, 5.41) is 3.58. The quantitative estimate of drug-likeness (QED) is 0.589. The molecule has 1 atom stereocenters. The Bertz CT molecular complexity index is 837. The van der Waals surface area contributed by atoms with E-state index in [0.29, 0.717) is 36.3 Å². The summed E-state index contributed by atoms with van der Waals surface area (Å²) in [7, 11) is 1.56. The minimum absolute atomic E-state index is 0.206. The van der Waals surface area contributed by atoms with E-state index in [2.05, 4.69) is 9.88 Å². The molecule has 1 aromatic heterocycles. The molecule has 8 heteroatoms. The second kappa shape index (κ2) is 8.78. The molecule has 1 unspecified atom stereocenters. The third kappa shape index (κ3) is 4.46. The molecule has 2 aromatic rings. The number of hydrogen-bond acceptors (Lipinski definition) is 3. The Hall–Kier alpha value is -2.02. The van der Waals surface area contributed by atoms with Gasteiger partial charge in [0.1, 0.15) is 6.42 Å². The number of ether oxygens (including phenoxy) is 1. The van der Waals surface area contributed by atoms with Crippen molar-refractivity contribution in [3.8, 4) is 0 Å².